The third kappa shape index (κ3) is 2.95. The van der Waals surface area contributed by atoms with Crippen LogP contribution in [0, 0.1) is 11.8 Å². The topological polar surface area (TPSA) is 178 Å². The molecule has 0 aromatic heterocycles. The van der Waals surface area contributed by atoms with E-state index in [0.29, 0.717) is 11.1 Å². The Morgan fingerprint density at radius 3 is 2.38 bits per heavy atom. The molecule has 34 heavy (non-hydrogen) atoms. The van der Waals surface area contributed by atoms with Gasteiger partial charge >= 0.3 is 0 Å². The quantitative estimate of drug-likeness (QED) is 0.310. The Morgan fingerprint density at radius 2 is 1.82 bits per heavy atom. The highest BCUT2D eigenvalue weighted by molar-refractivity contribution is 6.24. The predicted molar refractivity (Wildman–Crippen MR) is 119 cm³/mol. The maximum atomic E-state index is 13.7. The molecule has 0 unspecified atom stereocenters. The molecule has 0 saturated heterocycles. The highest BCUT2D eigenvalue weighted by atomic mass is 16.3. The standard InChI is InChI=1S/C24H26N2O8/c1-4-13(27)10-5-6-14(28)16-11(10)7-9-8-12-18(26(2)3)20(30)17(23(25)33)22(32)24(12,34)21(31)15(9)19(16)29/h5-6,9,12,18,28-29,32,34H,4,7-8H2,1-3H3,(H2,25,33)/t9-,12-,18+,24-/m0/s1. The van der Waals surface area contributed by atoms with Crippen molar-refractivity contribution in [1.82, 2.24) is 4.90 Å². The van der Waals surface area contributed by atoms with Gasteiger partial charge in [-0.15, -0.1) is 0 Å². The van der Waals surface area contributed by atoms with Gasteiger partial charge in [-0.3, -0.25) is 24.1 Å². The normalized spacial score (nSPS) is 28.6. The van der Waals surface area contributed by atoms with E-state index in [1.165, 1.54) is 31.1 Å². The van der Waals surface area contributed by atoms with Gasteiger partial charge in [-0.25, -0.2) is 0 Å². The number of aliphatic hydroxyl groups excluding tert-OH is 2. The number of amides is 1. The second-order valence-electron chi connectivity index (χ2n) is 9.22. The van der Waals surface area contributed by atoms with Gasteiger partial charge in [-0.2, -0.15) is 0 Å². The van der Waals surface area contributed by atoms with Crippen LogP contribution in [0.25, 0.3) is 5.76 Å². The lowest BCUT2D eigenvalue weighted by atomic mass is 9.57. The van der Waals surface area contributed by atoms with Crippen LogP contribution in [0.15, 0.2) is 29.0 Å². The van der Waals surface area contributed by atoms with Crippen molar-refractivity contribution in [1.29, 1.82) is 0 Å². The molecule has 0 heterocycles. The summed E-state index contributed by atoms with van der Waals surface area (Å²) in [7, 11) is 3.06. The number of rotatable bonds is 4. The zero-order valence-corrected chi connectivity index (χ0v) is 19.0. The van der Waals surface area contributed by atoms with Gasteiger partial charge < -0.3 is 26.2 Å². The van der Waals surface area contributed by atoms with Crippen molar-refractivity contribution in [2.45, 2.75) is 37.8 Å². The van der Waals surface area contributed by atoms with Gasteiger partial charge in [-0.1, -0.05) is 6.92 Å². The maximum Gasteiger partial charge on any atom is 0.255 e. The summed E-state index contributed by atoms with van der Waals surface area (Å²) in [4.78, 5) is 52.6. The third-order valence-electron chi connectivity index (χ3n) is 7.23. The van der Waals surface area contributed by atoms with E-state index in [-0.39, 0.29) is 41.9 Å². The first kappa shape index (κ1) is 23.7. The van der Waals surface area contributed by atoms with Crippen LogP contribution in [0.1, 0.15) is 41.3 Å². The van der Waals surface area contributed by atoms with Crippen LogP contribution in [0.2, 0.25) is 0 Å². The van der Waals surface area contributed by atoms with E-state index in [4.69, 9.17) is 5.73 Å². The number of Topliss-reactive ketones (excluding diaryl/α,β-unsaturated/α-hetero) is 3. The molecule has 180 valence electrons. The number of carbonyl (C=O) groups is 4. The molecule has 1 amide bonds. The van der Waals surface area contributed by atoms with E-state index < -0.39 is 58.0 Å². The van der Waals surface area contributed by atoms with Crippen molar-refractivity contribution in [2.24, 2.45) is 17.6 Å². The summed E-state index contributed by atoms with van der Waals surface area (Å²) in [6, 6.07) is 1.55. The largest absolute Gasteiger partial charge is 0.508 e. The van der Waals surface area contributed by atoms with Gasteiger partial charge in [0.2, 0.25) is 5.78 Å². The molecule has 1 fully saturated rings. The Bertz CT molecular complexity index is 1230. The molecule has 10 nitrogen and oxygen atoms in total. The monoisotopic (exact) mass is 470 g/mol. The predicted octanol–water partition coefficient (Wildman–Crippen LogP) is 0.557. The van der Waals surface area contributed by atoms with Crippen molar-refractivity contribution in [3.05, 3.63) is 45.7 Å². The Hall–Kier alpha value is -3.50. The van der Waals surface area contributed by atoms with Crippen LogP contribution in [0.4, 0.5) is 0 Å². The number of nitrogens with zero attached hydrogens (tertiary/aromatic N) is 1. The Kier molecular flexibility index (Phi) is 5.41. The number of ketones is 3. The van der Waals surface area contributed by atoms with Crippen molar-refractivity contribution < 1.29 is 39.6 Å². The second kappa shape index (κ2) is 7.78. The van der Waals surface area contributed by atoms with Gasteiger partial charge in [0.05, 0.1) is 11.6 Å². The molecule has 1 saturated carbocycles. The van der Waals surface area contributed by atoms with Gasteiger partial charge in [0.1, 0.15) is 22.8 Å². The zero-order valence-electron chi connectivity index (χ0n) is 19.0. The summed E-state index contributed by atoms with van der Waals surface area (Å²) in [5, 5.41) is 43.8. The molecule has 3 aliphatic carbocycles. The molecule has 0 spiro atoms. The van der Waals surface area contributed by atoms with Gasteiger partial charge in [-0.05, 0) is 50.6 Å². The van der Waals surface area contributed by atoms with E-state index >= 15 is 0 Å². The summed E-state index contributed by atoms with van der Waals surface area (Å²) in [5.74, 6) is -7.37. The molecule has 3 aliphatic rings. The van der Waals surface area contributed by atoms with Crippen LogP contribution >= 0.6 is 0 Å². The number of aromatic hydroxyl groups is 1. The van der Waals surface area contributed by atoms with Gasteiger partial charge in [0, 0.05) is 23.5 Å². The van der Waals surface area contributed by atoms with Crippen molar-refractivity contribution in [2.75, 3.05) is 14.1 Å². The molecule has 0 bridgehead atoms. The fourth-order valence-electron chi connectivity index (χ4n) is 5.70. The first-order chi connectivity index (χ1) is 15.9. The minimum atomic E-state index is -2.68. The smallest absolute Gasteiger partial charge is 0.255 e. The summed E-state index contributed by atoms with van der Waals surface area (Å²) in [5.41, 5.74) is 2.09. The van der Waals surface area contributed by atoms with E-state index in [1.807, 2.05) is 0 Å². The lowest BCUT2D eigenvalue weighted by Crippen LogP contribution is -2.65. The molecule has 4 atom stereocenters. The van der Waals surface area contributed by atoms with Crippen molar-refractivity contribution in [3.63, 3.8) is 0 Å². The van der Waals surface area contributed by atoms with Crippen molar-refractivity contribution in [3.8, 4) is 5.75 Å². The lowest BCUT2D eigenvalue weighted by Gasteiger charge is -2.50. The number of phenols is 1. The molecule has 1 aromatic carbocycles. The molecule has 6 N–H and O–H groups in total. The molecule has 0 aliphatic heterocycles. The summed E-state index contributed by atoms with van der Waals surface area (Å²) < 4.78 is 0. The molecule has 0 radical (unpaired) electrons. The SMILES string of the molecule is CCC(=O)c1ccc(O)c2c1C[C@H]1C[C@H]3[C@@H](N(C)C)C(=O)C(C(N)=O)=C(O)[C@@]3(O)C(=O)C1=C2O. The second-order valence-corrected chi connectivity index (χ2v) is 9.22. The van der Waals surface area contributed by atoms with Crippen molar-refractivity contribution >= 4 is 29.0 Å². The van der Waals surface area contributed by atoms with E-state index in [2.05, 4.69) is 0 Å². The lowest BCUT2D eigenvalue weighted by molar-refractivity contribution is -0.153. The highest BCUT2D eigenvalue weighted by Crippen LogP contribution is 2.52. The number of hydrogen-bond donors (Lipinski definition) is 5. The minimum Gasteiger partial charge on any atom is -0.508 e. The first-order valence-electron chi connectivity index (χ1n) is 10.9. The number of hydrogen-bond acceptors (Lipinski definition) is 9. The molecule has 4 rings (SSSR count). The number of primary amides is 1. The number of likely N-dealkylation sites (N-methyl/N-ethyl adjacent to an activating group) is 1. The van der Waals surface area contributed by atoms with E-state index in [1.54, 1.807) is 6.92 Å². The molecule has 1 aromatic rings. The zero-order chi connectivity index (χ0) is 25.3. The van der Waals surface area contributed by atoms with Crippen LogP contribution in [0.3, 0.4) is 0 Å². The van der Waals surface area contributed by atoms with Gasteiger partial charge in [0.25, 0.3) is 5.91 Å². The average molecular weight is 470 g/mol. The Balaban J connectivity index is 1.99. The van der Waals surface area contributed by atoms with Gasteiger partial charge in [0.15, 0.2) is 17.2 Å². The Morgan fingerprint density at radius 1 is 1.18 bits per heavy atom. The number of aliphatic hydroxyl groups is 3. The average Bonchev–Trinajstić information content (AvgIpc) is 2.75. The number of carbonyl (C=O) groups excluding carboxylic acids is 4. The summed E-state index contributed by atoms with van der Waals surface area (Å²) in [6.07, 6.45) is 0.247. The fraction of sp³-hybridized carbons (Fsp3) is 0.417. The van der Waals surface area contributed by atoms with E-state index in [0.717, 1.165) is 0 Å². The van der Waals surface area contributed by atoms with Crippen LogP contribution < -0.4 is 5.73 Å². The number of fused-ring (bicyclic) bond motifs is 3. The van der Waals surface area contributed by atoms with Crippen LogP contribution in [0.5, 0.6) is 5.75 Å². The molecule has 10 heteroatoms. The maximum absolute atomic E-state index is 13.7. The van der Waals surface area contributed by atoms with E-state index in [9.17, 15) is 39.6 Å². The summed E-state index contributed by atoms with van der Waals surface area (Å²) >= 11 is 0. The number of nitrogens with two attached hydrogens (primary N) is 1. The minimum absolute atomic E-state index is 0.0266. The highest BCUT2D eigenvalue weighted by Gasteiger charge is 2.64. The fourth-order valence-corrected chi connectivity index (χ4v) is 5.70. The molecular weight excluding hydrogens is 444 g/mol. The number of phenolic OH excluding ortho intramolecular Hbond substituents is 1. The Labute approximate surface area is 195 Å². The molecular formula is C24H26N2O8. The first-order valence-corrected chi connectivity index (χ1v) is 10.9. The third-order valence-corrected chi connectivity index (χ3v) is 7.23. The number of benzene rings is 1. The van der Waals surface area contributed by atoms with Crippen LogP contribution in [-0.4, -0.2) is 74.3 Å². The van der Waals surface area contributed by atoms with Crippen LogP contribution in [-0.2, 0) is 20.8 Å². The summed E-state index contributed by atoms with van der Waals surface area (Å²) in [6.45, 7) is 1.68.